The molecule has 0 bridgehead atoms. The first-order valence-electron chi connectivity index (χ1n) is 5.80. The first-order chi connectivity index (χ1) is 9.53. The number of halogens is 1. The first kappa shape index (κ1) is 14.6. The van der Waals surface area contributed by atoms with Crippen LogP contribution in [-0.4, -0.2) is 30.6 Å². The van der Waals surface area contributed by atoms with E-state index in [1.807, 2.05) is 0 Å². The largest absolute Gasteiger partial charge is 0.316 e. The molecule has 0 saturated carbocycles. The minimum Gasteiger partial charge on any atom is -0.316 e. The van der Waals surface area contributed by atoms with Crippen molar-refractivity contribution >= 4 is 10.0 Å². The lowest BCUT2D eigenvalue weighted by molar-refractivity contribution is 0.554. The quantitative estimate of drug-likeness (QED) is 0.704. The molecule has 0 spiro atoms. The molecule has 0 unspecified atom stereocenters. The number of sulfonamides is 1. The summed E-state index contributed by atoms with van der Waals surface area (Å²) in [6, 6.07) is 3.96. The highest BCUT2D eigenvalue weighted by molar-refractivity contribution is 7.89. The van der Waals surface area contributed by atoms with Gasteiger partial charge in [-0.3, -0.25) is 5.10 Å². The lowest BCUT2D eigenvalue weighted by atomic mass is 10.2. The van der Waals surface area contributed by atoms with E-state index in [9.17, 15) is 12.8 Å². The summed E-state index contributed by atoms with van der Waals surface area (Å²) in [7, 11) is -2.23. The van der Waals surface area contributed by atoms with E-state index in [2.05, 4.69) is 25.2 Å². The van der Waals surface area contributed by atoms with Crippen LogP contribution < -0.4 is 10.0 Å². The third kappa shape index (κ3) is 3.38. The molecule has 1 heterocycles. The number of aromatic nitrogens is 3. The Bertz CT molecular complexity index is 672. The summed E-state index contributed by atoms with van der Waals surface area (Å²) >= 11 is 0. The van der Waals surface area contributed by atoms with Crippen LogP contribution in [0.15, 0.2) is 29.4 Å². The van der Waals surface area contributed by atoms with Gasteiger partial charge in [-0.15, -0.1) is 0 Å². The molecule has 20 heavy (non-hydrogen) atoms. The molecule has 2 aromatic rings. The van der Waals surface area contributed by atoms with Crippen LogP contribution in [0.4, 0.5) is 4.39 Å². The van der Waals surface area contributed by atoms with Crippen molar-refractivity contribution in [3.63, 3.8) is 0 Å². The minimum atomic E-state index is -3.95. The summed E-state index contributed by atoms with van der Waals surface area (Å²) in [5.74, 6) is -0.449. The summed E-state index contributed by atoms with van der Waals surface area (Å²) in [4.78, 5) is 3.40. The van der Waals surface area contributed by atoms with Crippen LogP contribution in [0.1, 0.15) is 11.4 Å². The van der Waals surface area contributed by atoms with Crippen LogP contribution in [0.25, 0.3) is 0 Å². The van der Waals surface area contributed by atoms with E-state index in [0.29, 0.717) is 17.9 Å². The van der Waals surface area contributed by atoms with Crippen molar-refractivity contribution in [3.8, 4) is 0 Å². The normalized spacial score (nSPS) is 11.7. The van der Waals surface area contributed by atoms with Gasteiger partial charge in [0.25, 0.3) is 0 Å². The molecular weight excluding hydrogens is 285 g/mol. The van der Waals surface area contributed by atoms with Gasteiger partial charge in [0, 0.05) is 6.54 Å². The summed E-state index contributed by atoms with van der Waals surface area (Å²) in [6.07, 6.45) is 1.26. The number of rotatable bonds is 6. The molecule has 2 rings (SSSR count). The fourth-order valence-electron chi connectivity index (χ4n) is 1.62. The molecule has 0 aliphatic carbocycles. The lowest BCUT2D eigenvalue weighted by Crippen LogP contribution is -2.25. The maximum atomic E-state index is 13.7. The van der Waals surface area contributed by atoms with Gasteiger partial charge in [-0.25, -0.2) is 22.5 Å². The molecule has 3 N–H and O–H groups in total. The zero-order valence-corrected chi connectivity index (χ0v) is 11.5. The number of hydrogen-bond acceptors (Lipinski definition) is 5. The predicted molar refractivity (Wildman–Crippen MR) is 69.6 cm³/mol. The first-order valence-corrected chi connectivity index (χ1v) is 7.28. The predicted octanol–water partition coefficient (Wildman–Crippen LogP) is 0.142. The average molecular weight is 299 g/mol. The summed E-state index contributed by atoms with van der Waals surface area (Å²) in [5, 5.41) is 8.99. The highest BCUT2D eigenvalue weighted by Crippen LogP contribution is 2.16. The van der Waals surface area contributed by atoms with Gasteiger partial charge in [0.2, 0.25) is 10.0 Å². The fraction of sp³-hybridized carbons (Fsp3) is 0.273. The van der Waals surface area contributed by atoms with Crippen LogP contribution in [-0.2, 0) is 23.1 Å². The Morgan fingerprint density at radius 2 is 2.15 bits per heavy atom. The topological polar surface area (TPSA) is 99.8 Å². The van der Waals surface area contributed by atoms with E-state index in [0.717, 1.165) is 6.07 Å². The Balaban J connectivity index is 2.21. The van der Waals surface area contributed by atoms with E-state index < -0.39 is 15.8 Å². The number of nitrogens with zero attached hydrogens (tertiary/aromatic N) is 2. The maximum Gasteiger partial charge on any atom is 0.243 e. The van der Waals surface area contributed by atoms with Gasteiger partial charge in [-0.2, -0.15) is 5.10 Å². The van der Waals surface area contributed by atoms with E-state index >= 15 is 0 Å². The Labute approximate surface area is 115 Å². The Morgan fingerprint density at radius 3 is 2.80 bits per heavy atom. The van der Waals surface area contributed by atoms with Gasteiger partial charge >= 0.3 is 0 Å². The van der Waals surface area contributed by atoms with Crippen LogP contribution >= 0.6 is 0 Å². The van der Waals surface area contributed by atoms with Gasteiger partial charge in [0.05, 0.1) is 6.54 Å². The molecule has 108 valence electrons. The molecule has 0 saturated heterocycles. The van der Waals surface area contributed by atoms with Crippen LogP contribution in [0.5, 0.6) is 0 Å². The summed E-state index contributed by atoms with van der Waals surface area (Å²) in [5.41, 5.74) is 0.675. The number of aromatic amines is 1. The standard InChI is InChI=1S/C11H14FN5O2S/c1-13-5-8-2-3-9(12)10(4-8)20(18,19)16-6-11-14-7-15-17-11/h2-4,7,13,16H,5-6H2,1H3,(H,14,15,17). The molecule has 0 aliphatic rings. The second-order valence-electron chi connectivity index (χ2n) is 4.05. The van der Waals surface area contributed by atoms with Crippen LogP contribution in [0, 0.1) is 5.82 Å². The molecular formula is C11H14FN5O2S. The third-order valence-corrected chi connectivity index (χ3v) is 3.98. The number of H-pyrrole nitrogens is 1. The van der Waals surface area contributed by atoms with Gasteiger partial charge in [-0.05, 0) is 24.7 Å². The number of hydrogen-bond donors (Lipinski definition) is 3. The van der Waals surface area contributed by atoms with Gasteiger partial charge < -0.3 is 5.32 Å². The molecule has 1 aromatic heterocycles. The smallest absolute Gasteiger partial charge is 0.243 e. The Hall–Kier alpha value is -1.84. The molecule has 7 nitrogen and oxygen atoms in total. The highest BCUT2D eigenvalue weighted by atomic mass is 32.2. The van der Waals surface area contributed by atoms with Crippen molar-refractivity contribution in [2.45, 2.75) is 18.0 Å². The molecule has 0 atom stereocenters. The Kier molecular flexibility index (Phi) is 4.42. The van der Waals surface area contributed by atoms with Gasteiger partial charge in [-0.1, -0.05) is 6.07 Å². The zero-order chi connectivity index (χ0) is 14.6. The zero-order valence-electron chi connectivity index (χ0n) is 10.7. The summed E-state index contributed by atoms with van der Waals surface area (Å²) < 4.78 is 40.1. The second kappa shape index (κ2) is 6.07. The lowest BCUT2D eigenvalue weighted by Gasteiger charge is -2.08. The SMILES string of the molecule is CNCc1ccc(F)c(S(=O)(=O)NCc2ncn[nH]2)c1. The van der Waals surface area contributed by atoms with Crippen molar-refractivity contribution in [1.82, 2.24) is 25.2 Å². The van der Waals surface area contributed by atoms with Gasteiger partial charge in [0.15, 0.2) is 0 Å². The fourth-order valence-corrected chi connectivity index (χ4v) is 2.74. The van der Waals surface area contributed by atoms with Gasteiger partial charge in [0.1, 0.15) is 22.9 Å². The molecule has 0 aliphatic heterocycles. The van der Waals surface area contributed by atoms with Crippen molar-refractivity contribution in [2.24, 2.45) is 0 Å². The molecule has 9 heteroatoms. The summed E-state index contributed by atoms with van der Waals surface area (Å²) in [6.45, 7) is 0.364. The number of nitrogens with one attached hydrogen (secondary N) is 3. The molecule has 0 radical (unpaired) electrons. The van der Waals surface area contributed by atoms with Crippen LogP contribution in [0.2, 0.25) is 0 Å². The number of benzene rings is 1. The maximum absolute atomic E-state index is 13.7. The monoisotopic (exact) mass is 299 g/mol. The van der Waals surface area contributed by atoms with Crippen LogP contribution in [0.3, 0.4) is 0 Å². The molecule has 0 amide bonds. The average Bonchev–Trinajstić information content (AvgIpc) is 2.92. The van der Waals surface area contributed by atoms with Crippen molar-refractivity contribution in [3.05, 3.63) is 41.7 Å². The van der Waals surface area contributed by atoms with E-state index in [4.69, 9.17) is 0 Å². The minimum absolute atomic E-state index is 0.0853. The highest BCUT2D eigenvalue weighted by Gasteiger charge is 2.19. The van der Waals surface area contributed by atoms with Crippen molar-refractivity contribution in [2.75, 3.05) is 7.05 Å². The van der Waals surface area contributed by atoms with E-state index in [-0.39, 0.29) is 11.4 Å². The molecule has 1 aromatic carbocycles. The second-order valence-corrected chi connectivity index (χ2v) is 5.79. The van der Waals surface area contributed by atoms with E-state index in [1.54, 1.807) is 7.05 Å². The van der Waals surface area contributed by atoms with Crippen molar-refractivity contribution in [1.29, 1.82) is 0 Å². The Morgan fingerprint density at radius 1 is 1.35 bits per heavy atom. The van der Waals surface area contributed by atoms with Crippen molar-refractivity contribution < 1.29 is 12.8 Å². The third-order valence-electron chi connectivity index (χ3n) is 2.56. The molecule has 0 fully saturated rings. The van der Waals surface area contributed by atoms with E-state index in [1.165, 1.54) is 18.5 Å².